The molecule has 0 aromatic carbocycles. The molecule has 0 radical (unpaired) electrons. The predicted molar refractivity (Wildman–Crippen MR) is 316 cm³/mol. The van der Waals surface area contributed by atoms with Crippen LogP contribution in [0.2, 0.25) is 0 Å². The van der Waals surface area contributed by atoms with Gasteiger partial charge in [-0.2, -0.15) is 0 Å². The van der Waals surface area contributed by atoms with Crippen LogP contribution in [0, 0.1) is 0 Å². The smallest absolute Gasteiger partial charge is 0.306 e. The molecule has 424 valence electrons. The zero-order valence-electron chi connectivity index (χ0n) is 48.7. The van der Waals surface area contributed by atoms with Crippen molar-refractivity contribution in [3.8, 4) is 0 Å². The highest BCUT2D eigenvalue weighted by Crippen LogP contribution is 2.17. The van der Waals surface area contributed by atoms with Crippen LogP contribution in [0.25, 0.3) is 0 Å². The second-order valence-electron chi connectivity index (χ2n) is 21.3. The third-order valence-electron chi connectivity index (χ3n) is 14.0. The van der Waals surface area contributed by atoms with Gasteiger partial charge in [0.2, 0.25) is 0 Å². The zero-order chi connectivity index (χ0) is 52.9. The number of allylic oxidation sites excluding steroid dienone is 10. The van der Waals surface area contributed by atoms with Crippen LogP contribution in [0.4, 0.5) is 0 Å². The summed E-state index contributed by atoms with van der Waals surface area (Å²) in [5.41, 5.74) is 0. The van der Waals surface area contributed by atoms with E-state index in [2.05, 4.69) is 81.5 Å². The fourth-order valence-corrected chi connectivity index (χ4v) is 9.30. The van der Waals surface area contributed by atoms with Crippen molar-refractivity contribution in [2.45, 2.75) is 335 Å². The second-order valence-corrected chi connectivity index (χ2v) is 21.3. The predicted octanol–water partition coefficient (Wildman–Crippen LogP) is 21.6. The summed E-state index contributed by atoms with van der Waals surface area (Å²) in [4.78, 5) is 38.3. The largest absolute Gasteiger partial charge is 0.462 e. The molecule has 6 nitrogen and oxygen atoms in total. The van der Waals surface area contributed by atoms with Crippen LogP contribution < -0.4 is 0 Å². The number of esters is 3. The number of ether oxygens (including phenoxy) is 3. The molecule has 0 aliphatic heterocycles. The fourth-order valence-electron chi connectivity index (χ4n) is 9.30. The highest BCUT2D eigenvalue weighted by molar-refractivity contribution is 5.71. The lowest BCUT2D eigenvalue weighted by Crippen LogP contribution is -2.30. The van der Waals surface area contributed by atoms with E-state index in [0.717, 1.165) is 96.3 Å². The van der Waals surface area contributed by atoms with Crippen molar-refractivity contribution in [3.05, 3.63) is 60.8 Å². The van der Waals surface area contributed by atoms with Gasteiger partial charge in [-0.15, -0.1) is 0 Å². The first-order valence-electron chi connectivity index (χ1n) is 31.8. The molecule has 1 atom stereocenters. The van der Waals surface area contributed by atoms with Gasteiger partial charge in [-0.05, 0) is 64.2 Å². The second kappa shape index (κ2) is 61.7. The van der Waals surface area contributed by atoms with E-state index >= 15 is 0 Å². The summed E-state index contributed by atoms with van der Waals surface area (Å²) in [6.07, 6.45) is 77.9. The molecule has 6 heteroatoms. The molecule has 0 bridgehead atoms. The molecule has 0 N–H and O–H groups in total. The lowest BCUT2D eigenvalue weighted by molar-refractivity contribution is -0.167. The van der Waals surface area contributed by atoms with Gasteiger partial charge >= 0.3 is 17.9 Å². The summed E-state index contributed by atoms with van der Waals surface area (Å²) in [5, 5.41) is 0. The minimum atomic E-state index is -0.786. The van der Waals surface area contributed by atoms with E-state index in [0.29, 0.717) is 19.3 Å². The molecule has 0 fully saturated rings. The van der Waals surface area contributed by atoms with Crippen LogP contribution in [-0.2, 0) is 28.6 Å². The fraction of sp³-hybridized carbons (Fsp3) is 0.806. The third-order valence-corrected chi connectivity index (χ3v) is 14.0. The molecule has 0 aliphatic carbocycles. The summed E-state index contributed by atoms with van der Waals surface area (Å²) < 4.78 is 16.9. The maximum Gasteiger partial charge on any atom is 0.306 e. The average Bonchev–Trinajstić information content (AvgIpc) is 3.39. The van der Waals surface area contributed by atoms with Crippen LogP contribution in [0.5, 0.6) is 0 Å². The Balaban J connectivity index is 4.39. The number of hydrogen-bond donors (Lipinski definition) is 0. The van der Waals surface area contributed by atoms with E-state index in [1.807, 2.05) is 0 Å². The first kappa shape index (κ1) is 70.1. The average molecular weight is 1020 g/mol. The van der Waals surface area contributed by atoms with Gasteiger partial charge in [0, 0.05) is 19.3 Å². The Hall–Kier alpha value is -2.89. The normalized spacial score (nSPS) is 12.4. The maximum atomic E-state index is 12.9. The molecule has 0 spiro atoms. The minimum absolute atomic E-state index is 0.0801. The third kappa shape index (κ3) is 59.9. The van der Waals surface area contributed by atoms with Crippen LogP contribution in [0.1, 0.15) is 329 Å². The molecule has 0 aliphatic rings. The molecule has 1 unspecified atom stereocenters. The topological polar surface area (TPSA) is 78.9 Å². The molecule has 0 aromatic heterocycles. The van der Waals surface area contributed by atoms with Crippen molar-refractivity contribution in [2.75, 3.05) is 13.2 Å². The van der Waals surface area contributed by atoms with Crippen molar-refractivity contribution in [3.63, 3.8) is 0 Å². The Morgan fingerprint density at radius 3 is 0.836 bits per heavy atom. The highest BCUT2D eigenvalue weighted by atomic mass is 16.6. The lowest BCUT2D eigenvalue weighted by Gasteiger charge is -2.18. The van der Waals surface area contributed by atoms with E-state index in [4.69, 9.17) is 14.2 Å². The monoisotopic (exact) mass is 1020 g/mol. The summed E-state index contributed by atoms with van der Waals surface area (Å²) in [6, 6.07) is 0. The quantitative estimate of drug-likeness (QED) is 0.0261. The molecular weight excluding hydrogens is 901 g/mol. The van der Waals surface area contributed by atoms with Gasteiger partial charge in [-0.1, -0.05) is 306 Å². The Morgan fingerprint density at radius 2 is 0.534 bits per heavy atom. The van der Waals surface area contributed by atoms with E-state index in [1.165, 1.54) is 193 Å². The number of hydrogen-bond acceptors (Lipinski definition) is 6. The summed E-state index contributed by atoms with van der Waals surface area (Å²) in [5.74, 6) is -0.892. The van der Waals surface area contributed by atoms with Gasteiger partial charge in [-0.25, -0.2) is 0 Å². The standard InChI is InChI=1S/C67H120O6/c1-4-7-10-13-16-19-22-25-28-31-34-37-39-42-45-48-51-54-57-60-66(69)72-63-64(73-67(70)61-58-55-52-49-46-43-40-36-33-30-27-24-21-18-15-12-9-6-3)62-71-65(68)59-56-53-50-47-44-41-38-35-32-29-26-23-20-17-14-11-8-5-2/h7,10,16,19,25,28,34,37,42,45,64H,4-6,8-9,11-15,17-18,20-24,26-27,29-33,35-36,38-41,43-44,46-63H2,1-3H3/b10-7-,19-16-,28-25-,37-34-,45-42-. The molecule has 0 rings (SSSR count). The van der Waals surface area contributed by atoms with Gasteiger partial charge in [0.25, 0.3) is 0 Å². The Bertz CT molecular complexity index is 1310. The van der Waals surface area contributed by atoms with Crippen molar-refractivity contribution in [1.82, 2.24) is 0 Å². The Kier molecular flexibility index (Phi) is 59.2. The minimum Gasteiger partial charge on any atom is -0.462 e. The van der Waals surface area contributed by atoms with Gasteiger partial charge in [0.15, 0.2) is 6.10 Å². The number of carbonyl (C=O) groups is 3. The van der Waals surface area contributed by atoms with E-state index in [9.17, 15) is 14.4 Å². The van der Waals surface area contributed by atoms with Crippen LogP contribution in [-0.4, -0.2) is 37.2 Å². The number of carbonyl (C=O) groups excluding carboxylic acids is 3. The van der Waals surface area contributed by atoms with Crippen LogP contribution >= 0.6 is 0 Å². The van der Waals surface area contributed by atoms with E-state index in [-0.39, 0.29) is 31.1 Å². The SMILES string of the molecule is CC/C=C\C/C=C\C/C=C\C/C=C\C/C=C\CCCCCC(=O)OCC(COC(=O)CCCCCCCCCCCCCCCCCCCC)OC(=O)CCCCCCCCCCCCCCCCCCCC. The molecule has 0 saturated carbocycles. The number of unbranched alkanes of at least 4 members (excludes halogenated alkanes) is 37. The molecule has 73 heavy (non-hydrogen) atoms. The summed E-state index contributed by atoms with van der Waals surface area (Å²) in [7, 11) is 0. The molecular formula is C67H120O6. The summed E-state index contributed by atoms with van der Waals surface area (Å²) in [6.45, 7) is 6.56. The van der Waals surface area contributed by atoms with Gasteiger partial charge in [0.05, 0.1) is 0 Å². The molecule has 0 saturated heterocycles. The summed E-state index contributed by atoms with van der Waals surface area (Å²) >= 11 is 0. The first-order valence-corrected chi connectivity index (χ1v) is 31.8. The van der Waals surface area contributed by atoms with E-state index in [1.54, 1.807) is 0 Å². The highest BCUT2D eigenvalue weighted by Gasteiger charge is 2.19. The molecule has 0 heterocycles. The van der Waals surface area contributed by atoms with Crippen molar-refractivity contribution in [2.24, 2.45) is 0 Å². The number of rotatable bonds is 58. The molecule has 0 amide bonds. The van der Waals surface area contributed by atoms with Crippen LogP contribution in [0.15, 0.2) is 60.8 Å². The Labute approximate surface area is 453 Å². The van der Waals surface area contributed by atoms with Gasteiger partial charge < -0.3 is 14.2 Å². The maximum absolute atomic E-state index is 12.9. The van der Waals surface area contributed by atoms with Crippen molar-refractivity contribution >= 4 is 17.9 Å². The van der Waals surface area contributed by atoms with Crippen molar-refractivity contribution in [1.29, 1.82) is 0 Å². The van der Waals surface area contributed by atoms with E-state index < -0.39 is 6.10 Å². The molecule has 0 aromatic rings. The zero-order valence-corrected chi connectivity index (χ0v) is 48.7. The Morgan fingerprint density at radius 1 is 0.288 bits per heavy atom. The first-order chi connectivity index (χ1) is 36.0. The van der Waals surface area contributed by atoms with Crippen molar-refractivity contribution < 1.29 is 28.6 Å². The van der Waals surface area contributed by atoms with Crippen LogP contribution in [0.3, 0.4) is 0 Å². The van der Waals surface area contributed by atoms with Gasteiger partial charge in [-0.3, -0.25) is 14.4 Å². The lowest BCUT2D eigenvalue weighted by atomic mass is 10.0. The van der Waals surface area contributed by atoms with Gasteiger partial charge in [0.1, 0.15) is 13.2 Å².